The smallest absolute Gasteiger partial charge is 0.272 e. The van der Waals surface area contributed by atoms with Gasteiger partial charge >= 0.3 is 0 Å². The quantitative estimate of drug-likeness (QED) is 0.114. The molecule has 0 aliphatic carbocycles. The topological polar surface area (TPSA) is 87.3 Å². The Bertz CT molecular complexity index is 1830. The minimum absolute atomic E-state index is 0.0122. The van der Waals surface area contributed by atoms with Gasteiger partial charge in [-0.25, -0.2) is 0 Å². The molecule has 0 aliphatic rings. The Kier molecular flexibility index (Phi) is 9.79. The molecule has 5 rings (SSSR count). The van der Waals surface area contributed by atoms with Gasteiger partial charge in [0.05, 0.1) is 15.8 Å². The number of hydrogen-bond donors (Lipinski definition) is 3. The molecule has 9 heteroatoms. The molecular weight excluding hydrogens is 601 g/mol. The van der Waals surface area contributed by atoms with Crippen molar-refractivity contribution in [1.29, 1.82) is 0 Å². The van der Waals surface area contributed by atoms with Crippen molar-refractivity contribution in [3.63, 3.8) is 0 Å². The van der Waals surface area contributed by atoms with Crippen LogP contribution in [0.15, 0.2) is 126 Å². The molecule has 5 aromatic carbocycles. The van der Waals surface area contributed by atoms with Crippen LogP contribution in [0.4, 0.5) is 11.4 Å². The molecule has 0 aromatic heterocycles. The predicted molar refractivity (Wildman–Crippen MR) is 177 cm³/mol. The van der Waals surface area contributed by atoms with Crippen molar-refractivity contribution in [3.8, 4) is 0 Å². The van der Waals surface area contributed by atoms with Gasteiger partial charge in [-0.1, -0.05) is 83.9 Å². The van der Waals surface area contributed by atoms with Crippen LogP contribution in [0.25, 0.3) is 16.8 Å². The first-order valence-electron chi connectivity index (χ1n) is 13.2. The molecule has 43 heavy (non-hydrogen) atoms. The second-order valence-electron chi connectivity index (χ2n) is 9.40. The minimum Gasteiger partial charge on any atom is -0.325 e. The fourth-order valence-electron chi connectivity index (χ4n) is 4.18. The zero-order valence-electron chi connectivity index (χ0n) is 22.6. The Hall–Kier alpha value is -4.56. The van der Waals surface area contributed by atoms with Crippen LogP contribution in [0.1, 0.15) is 15.9 Å². The molecule has 0 bridgehead atoms. The SMILES string of the molecule is O=C(CSc1ccc(NC(=O)/C(=C/c2cccc(Cl)c2Cl)NC(=O)c2ccccc2)cc1)Nc1ccc2ccccc2c1. The minimum atomic E-state index is -0.546. The molecule has 0 atom stereocenters. The Morgan fingerprint density at radius 1 is 0.698 bits per heavy atom. The molecule has 5 aromatic rings. The molecule has 214 valence electrons. The number of benzene rings is 5. The van der Waals surface area contributed by atoms with Crippen molar-refractivity contribution in [2.45, 2.75) is 4.90 Å². The van der Waals surface area contributed by atoms with Crippen molar-refractivity contribution in [2.75, 3.05) is 16.4 Å². The number of rotatable bonds is 9. The highest BCUT2D eigenvalue weighted by Crippen LogP contribution is 2.28. The standard InChI is InChI=1S/C34H25Cl2N3O3S/c35-29-12-6-11-25(32(29)36)20-30(39-33(41)23-8-2-1-3-9-23)34(42)38-26-15-17-28(18-16-26)43-21-31(40)37-27-14-13-22-7-4-5-10-24(22)19-27/h1-20H,21H2,(H,37,40)(H,38,42)(H,39,41)/b30-20-. The lowest BCUT2D eigenvalue weighted by Crippen LogP contribution is -2.30. The van der Waals surface area contributed by atoms with Crippen LogP contribution >= 0.6 is 35.0 Å². The summed E-state index contributed by atoms with van der Waals surface area (Å²) in [5.41, 5.74) is 2.10. The normalized spacial score (nSPS) is 11.2. The highest BCUT2D eigenvalue weighted by molar-refractivity contribution is 8.00. The van der Waals surface area contributed by atoms with Gasteiger partial charge in [0, 0.05) is 21.8 Å². The Balaban J connectivity index is 1.23. The van der Waals surface area contributed by atoms with Crippen LogP contribution in [-0.2, 0) is 9.59 Å². The lowest BCUT2D eigenvalue weighted by molar-refractivity contribution is -0.114. The molecule has 3 N–H and O–H groups in total. The largest absolute Gasteiger partial charge is 0.325 e. The Morgan fingerprint density at radius 3 is 2.16 bits per heavy atom. The van der Waals surface area contributed by atoms with E-state index in [2.05, 4.69) is 16.0 Å². The third kappa shape index (κ3) is 8.05. The van der Waals surface area contributed by atoms with Gasteiger partial charge in [-0.05, 0) is 77.0 Å². The van der Waals surface area contributed by atoms with Gasteiger partial charge < -0.3 is 16.0 Å². The van der Waals surface area contributed by atoms with E-state index in [4.69, 9.17) is 23.2 Å². The van der Waals surface area contributed by atoms with Crippen LogP contribution in [0.2, 0.25) is 10.0 Å². The number of carbonyl (C=O) groups is 3. The molecule has 6 nitrogen and oxygen atoms in total. The number of halogens is 2. The predicted octanol–water partition coefficient (Wildman–Crippen LogP) is 8.29. The summed E-state index contributed by atoms with van der Waals surface area (Å²) in [6.45, 7) is 0. The maximum atomic E-state index is 13.3. The van der Waals surface area contributed by atoms with Crippen LogP contribution in [-0.4, -0.2) is 23.5 Å². The molecule has 3 amide bonds. The monoisotopic (exact) mass is 625 g/mol. The van der Waals surface area contributed by atoms with Crippen molar-refractivity contribution in [1.82, 2.24) is 5.32 Å². The molecule has 0 heterocycles. The fraction of sp³-hybridized carbons (Fsp3) is 0.0294. The number of thioether (sulfide) groups is 1. The molecular formula is C34H25Cl2N3O3S. The summed E-state index contributed by atoms with van der Waals surface area (Å²) in [6.07, 6.45) is 1.47. The zero-order valence-corrected chi connectivity index (χ0v) is 25.0. The van der Waals surface area contributed by atoms with Crippen LogP contribution in [0.3, 0.4) is 0 Å². The summed E-state index contributed by atoms with van der Waals surface area (Å²) in [5.74, 6) is -0.900. The zero-order chi connectivity index (χ0) is 30.2. The molecule has 0 unspecified atom stereocenters. The third-order valence-corrected chi connectivity index (χ3v) is 8.17. The first-order valence-corrected chi connectivity index (χ1v) is 14.9. The second-order valence-corrected chi connectivity index (χ2v) is 11.2. The second kappa shape index (κ2) is 14.1. The van der Waals surface area contributed by atoms with Gasteiger partial charge in [-0.15, -0.1) is 11.8 Å². The van der Waals surface area contributed by atoms with Gasteiger partial charge in [-0.2, -0.15) is 0 Å². The van der Waals surface area contributed by atoms with E-state index in [1.165, 1.54) is 17.8 Å². The fourth-order valence-corrected chi connectivity index (χ4v) is 5.24. The molecule has 0 radical (unpaired) electrons. The lowest BCUT2D eigenvalue weighted by Gasteiger charge is -2.12. The van der Waals surface area contributed by atoms with Gasteiger partial charge in [0.2, 0.25) is 5.91 Å². The molecule has 0 aliphatic heterocycles. The van der Waals surface area contributed by atoms with E-state index in [1.54, 1.807) is 60.7 Å². The summed E-state index contributed by atoms with van der Waals surface area (Å²) < 4.78 is 0. The molecule has 0 fully saturated rings. The summed E-state index contributed by atoms with van der Waals surface area (Å²) in [6, 6.07) is 34.4. The number of fused-ring (bicyclic) bond motifs is 1. The summed E-state index contributed by atoms with van der Waals surface area (Å²) in [7, 11) is 0. The maximum absolute atomic E-state index is 13.3. The van der Waals surface area contributed by atoms with E-state index in [9.17, 15) is 14.4 Å². The average Bonchev–Trinajstić information content (AvgIpc) is 3.02. The number of anilines is 2. The highest BCUT2D eigenvalue weighted by Gasteiger charge is 2.16. The number of nitrogens with one attached hydrogen (secondary N) is 3. The van der Waals surface area contributed by atoms with Crippen molar-refractivity contribution < 1.29 is 14.4 Å². The highest BCUT2D eigenvalue weighted by atomic mass is 35.5. The Morgan fingerprint density at radius 2 is 1.40 bits per heavy atom. The van der Waals surface area contributed by atoms with E-state index in [1.807, 2.05) is 54.6 Å². The van der Waals surface area contributed by atoms with E-state index in [0.29, 0.717) is 21.8 Å². The van der Waals surface area contributed by atoms with Crippen molar-refractivity contribution >= 4 is 80.9 Å². The summed E-state index contributed by atoms with van der Waals surface area (Å²) in [5, 5.41) is 11.2. The maximum Gasteiger partial charge on any atom is 0.272 e. The van der Waals surface area contributed by atoms with Crippen LogP contribution in [0, 0.1) is 0 Å². The molecule has 0 saturated heterocycles. The van der Waals surface area contributed by atoms with Gasteiger partial charge in [0.25, 0.3) is 11.8 Å². The van der Waals surface area contributed by atoms with Crippen LogP contribution in [0.5, 0.6) is 0 Å². The van der Waals surface area contributed by atoms with Gasteiger partial charge in [0.1, 0.15) is 5.70 Å². The number of carbonyl (C=O) groups excluding carboxylic acids is 3. The Labute approximate surface area is 263 Å². The lowest BCUT2D eigenvalue weighted by atomic mass is 10.1. The van der Waals surface area contributed by atoms with E-state index < -0.39 is 11.8 Å². The van der Waals surface area contributed by atoms with E-state index in [-0.39, 0.29) is 22.4 Å². The third-order valence-electron chi connectivity index (χ3n) is 6.33. The molecule has 0 spiro atoms. The number of amides is 3. The molecule has 0 saturated carbocycles. The van der Waals surface area contributed by atoms with Crippen LogP contribution < -0.4 is 16.0 Å². The first kappa shape index (κ1) is 29.9. The average molecular weight is 627 g/mol. The number of hydrogen-bond acceptors (Lipinski definition) is 4. The van der Waals surface area contributed by atoms with E-state index >= 15 is 0 Å². The summed E-state index contributed by atoms with van der Waals surface area (Å²) >= 11 is 13.9. The first-order chi connectivity index (χ1) is 20.9. The van der Waals surface area contributed by atoms with Crippen molar-refractivity contribution in [2.24, 2.45) is 0 Å². The van der Waals surface area contributed by atoms with E-state index in [0.717, 1.165) is 21.4 Å². The van der Waals surface area contributed by atoms with Crippen molar-refractivity contribution in [3.05, 3.63) is 142 Å². The van der Waals surface area contributed by atoms with Gasteiger partial charge in [-0.3, -0.25) is 14.4 Å². The van der Waals surface area contributed by atoms with Gasteiger partial charge in [0.15, 0.2) is 0 Å². The summed E-state index contributed by atoms with van der Waals surface area (Å²) in [4.78, 5) is 39.6.